The van der Waals surface area contributed by atoms with Crippen LogP contribution in [0.15, 0.2) is 47.8 Å². The van der Waals surface area contributed by atoms with Gasteiger partial charge in [0.25, 0.3) is 0 Å². The van der Waals surface area contributed by atoms with E-state index in [4.69, 9.17) is 14.2 Å². The Labute approximate surface area is 245 Å². The molecule has 42 heavy (non-hydrogen) atoms. The van der Waals surface area contributed by atoms with Crippen molar-refractivity contribution in [3.63, 3.8) is 0 Å². The van der Waals surface area contributed by atoms with Crippen molar-refractivity contribution in [2.45, 2.75) is 52.2 Å². The second-order valence-electron chi connectivity index (χ2n) is 10.6. The molecule has 1 aromatic heterocycles. The van der Waals surface area contributed by atoms with Gasteiger partial charge < -0.3 is 34.7 Å². The zero-order chi connectivity index (χ0) is 30.4. The molecule has 1 aliphatic rings. The molecule has 1 aliphatic carbocycles. The predicted molar refractivity (Wildman–Crippen MR) is 160 cm³/mol. The minimum absolute atomic E-state index is 0.106. The highest BCUT2D eigenvalue weighted by Crippen LogP contribution is 2.50. The largest absolute Gasteiger partial charge is 0.493 e. The summed E-state index contributed by atoms with van der Waals surface area (Å²) in [6.07, 6.45) is 6.36. The van der Waals surface area contributed by atoms with Crippen LogP contribution in [0.1, 0.15) is 44.4 Å². The van der Waals surface area contributed by atoms with Crippen LogP contribution in [0.5, 0.6) is 17.2 Å². The average Bonchev–Trinajstić information content (AvgIpc) is 3.37. The van der Waals surface area contributed by atoms with Gasteiger partial charge in [0, 0.05) is 38.0 Å². The van der Waals surface area contributed by atoms with Crippen molar-refractivity contribution in [1.82, 2.24) is 20.2 Å². The van der Waals surface area contributed by atoms with Crippen LogP contribution in [0, 0.1) is 5.92 Å². The first kappa shape index (κ1) is 30.4. The lowest BCUT2D eigenvalue weighted by molar-refractivity contribution is -0.122. The zero-order valence-corrected chi connectivity index (χ0v) is 24.9. The van der Waals surface area contributed by atoms with Gasteiger partial charge in [0.1, 0.15) is 6.04 Å². The van der Waals surface area contributed by atoms with E-state index in [1.54, 1.807) is 39.9 Å². The molecule has 0 fully saturated rings. The molecule has 11 heteroatoms. The van der Waals surface area contributed by atoms with Crippen LogP contribution in [0.2, 0.25) is 0 Å². The number of anilines is 1. The summed E-state index contributed by atoms with van der Waals surface area (Å²) in [5.74, 6) is 0.912. The summed E-state index contributed by atoms with van der Waals surface area (Å²) in [6, 6.07) is 5.89. The van der Waals surface area contributed by atoms with Gasteiger partial charge in [-0.15, -0.1) is 0 Å². The van der Waals surface area contributed by atoms with Gasteiger partial charge in [-0.05, 0) is 53.6 Å². The molecule has 2 amide bonds. The number of fused-ring (bicyclic) bond motifs is 3. The highest BCUT2D eigenvalue weighted by atomic mass is 16.5. The van der Waals surface area contributed by atoms with Crippen molar-refractivity contribution < 1.29 is 23.8 Å². The first-order chi connectivity index (χ1) is 20.2. The number of ether oxygens (including phenoxy) is 3. The molecule has 3 N–H and O–H groups in total. The highest BCUT2D eigenvalue weighted by Gasteiger charge is 2.30. The van der Waals surface area contributed by atoms with Gasteiger partial charge in [0.2, 0.25) is 23.0 Å². The van der Waals surface area contributed by atoms with Crippen molar-refractivity contribution >= 4 is 17.5 Å². The molecular weight excluding hydrogens is 538 g/mol. The Bertz CT molecular complexity index is 1490. The van der Waals surface area contributed by atoms with Crippen molar-refractivity contribution in [2.24, 2.45) is 5.92 Å². The zero-order valence-electron chi connectivity index (χ0n) is 24.9. The number of rotatable bonds is 11. The van der Waals surface area contributed by atoms with Gasteiger partial charge in [-0.25, -0.2) is 4.98 Å². The number of carbonyl (C=O) groups is 2. The Morgan fingerprint density at radius 2 is 1.86 bits per heavy atom. The summed E-state index contributed by atoms with van der Waals surface area (Å²) in [5, 5.41) is 9.15. The lowest BCUT2D eigenvalue weighted by Gasteiger charge is -2.22. The molecule has 0 saturated carbocycles. The van der Waals surface area contributed by atoms with E-state index in [2.05, 4.69) is 20.9 Å². The number of imidazole rings is 1. The fourth-order valence-corrected chi connectivity index (χ4v) is 5.37. The van der Waals surface area contributed by atoms with Crippen LogP contribution < -0.4 is 35.6 Å². The van der Waals surface area contributed by atoms with Crippen LogP contribution in [-0.4, -0.2) is 55.3 Å². The van der Waals surface area contributed by atoms with Gasteiger partial charge in [-0.3, -0.25) is 14.4 Å². The minimum Gasteiger partial charge on any atom is -0.493 e. The van der Waals surface area contributed by atoms with E-state index < -0.39 is 12.1 Å². The molecule has 11 nitrogen and oxygen atoms in total. The number of benzene rings is 1. The summed E-state index contributed by atoms with van der Waals surface area (Å²) >= 11 is 0. The van der Waals surface area contributed by atoms with Crippen LogP contribution >= 0.6 is 0 Å². The molecule has 0 unspecified atom stereocenters. The Kier molecular flexibility index (Phi) is 9.72. The molecule has 2 aromatic carbocycles. The van der Waals surface area contributed by atoms with Crippen molar-refractivity contribution in [3.05, 3.63) is 64.3 Å². The fourth-order valence-electron chi connectivity index (χ4n) is 5.37. The Morgan fingerprint density at radius 1 is 1.10 bits per heavy atom. The molecule has 0 radical (unpaired) electrons. The molecule has 0 spiro atoms. The van der Waals surface area contributed by atoms with Crippen molar-refractivity contribution in [2.75, 3.05) is 33.2 Å². The van der Waals surface area contributed by atoms with E-state index in [9.17, 15) is 14.4 Å². The molecular formula is C31H39N5O6. The van der Waals surface area contributed by atoms with E-state index in [1.807, 2.05) is 36.7 Å². The number of aromatic nitrogens is 2. The van der Waals surface area contributed by atoms with Gasteiger partial charge in [-0.1, -0.05) is 19.9 Å². The lowest BCUT2D eigenvalue weighted by Crippen LogP contribution is -2.44. The standard InChI is InChI=1S/C31H39N5O6/c1-18(2)28(31(39)33-12-14-36-13-11-32-17-36)35-24-10-8-21-22(16-25(24)38)23(34-19(3)37)9-7-20-15-26(40-4)29(41-5)30(42-6)27(20)21/h8,10-11,13,15-18,23,28H,7,9,12,14H2,1-6H3,(H,33,39)(H,34,37)(H,35,38)/t23-,28-/m1/s1. The van der Waals surface area contributed by atoms with E-state index in [-0.39, 0.29) is 28.8 Å². The second-order valence-corrected chi connectivity index (χ2v) is 10.6. The molecule has 224 valence electrons. The molecule has 4 rings (SSSR count). The fraction of sp³-hybridized carbons (Fsp3) is 0.419. The lowest BCUT2D eigenvalue weighted by atomic mass is 9.95. The van der Waals surface area contributed by atoms with Crippen LogP contribution in [0.25, 0.3) is 11.1 Å². The highest BCUT2D eigenvalue weighted by molar-refractivity contribution is 5.86. The van der Waals surface area contributed by atoms with Gasteiger partial charge in [-0.2, -0.15) is 0 Å². The normalized spacial score (nSPS) is 14.6. The van der Waals surface area contributed by atoms with E-state index in [0.29, 0.717) is 48.7 Å². The summed E-state index contributed by atoms with van der Waals surface area (Å²) in [7, 11) is 4.66. The average molecular weight is 578 g/mol. The first-order valence-corrected chi connectivity index (χ1v) is 14.0. The molecule has 3 aromatic rings. The summed E-state index contributed by atoms with van der Waals surface area (Å²) in [4.78, 5) is 43.1. The quantitative estimate of drug-likeness (QED) is 0.316. The monoisotopic (exact) mass is 577 g/mol. The Hall–Kier alpha value is -4.54. The first-order valence-electron chi connectivity index (χ1n) is 14.0. The number of methoxy groups -OCH3 is 3. The third-order valence-corrected chi connectivity index (χ3v) is 7.40. The number of nitrogens with one attached hydrogen (secondary N) is 3. The molecule has 0 saturated heterocycles. The molecule has 0 aliphatic heterocycles. The smallest absolute Gasteiger partial charge is 0.242 e. The van der Waals surface area contributed by atoms with Crippen molar-refractivity contribution in [3.8, 4) is 28.4 Å². The number of hydrogen-bond acceptors (Lipinski definition) is 8. The van der Waals surface area contributed by atoms with E-state index in [0.717, 1.165) is 16.7 Å². The second kappa shape index (κ2) is 13.4. The minimum atomic E-state index is -0.653. The predicted octanol–water partition coefficient (Wildman–Crippen LogP) is 3.31. The molecule has 0 bridgehead atoms. The maximum absolute atomic E-state index is 13.7. The van der Waals surface area contributed by atoms with Crippen molar-refractivity contribution in [1.29, 1.82) is 0 Å². The number of amides is 2. The van der Waals surface area contributed by atoms with Gasteiger partial charge >= 0.3 is 0 Å². The third kappa shape index (κ3) is 6.50. The number of aryl methyl sites for hydroxylation is 1. The van der Waals surface area contributed by atoms with Crippen LogP contribution in [-0.2, 0) is 22.6 Å². The molecule has 2 atom stereocenters. The third-order valence-electron chi connectivity index (χ3n) is 7.40. The van der Waals surface area contributed by atoms with Gasteiger partial charge in [0.15, 0.2) is 11.5 Å². The van der Waals surface area contributed by atoms with E-state index in [1.165, 1.54) is 13.0 Å². The topological polar surface area (TPSA) is 133 Å². The summed E-state index contributed by atoms with van der Waals surface area (Å²) < 4.78 is 19.0. The van der Waals surface area contributed by atoms with Crippen LogP contribution in [0.3, 0.4) is 0 Å². The number of carbonyl (C=O) groups excluding carboxylic acids is 2. The SMILES string of the molecule is COc1cc2c(c(OC)c1OC)-c1ccc(N[C@@H](C(=O)NCCn3ccnc3)C(C)C)c(=O)cc1[C@H](NC(C)=O)CC2. The van der Waals surface area contributed by atoms with E-state index >= 15 is 0 Å². The number of nitrogens with zero attached hydrogens (tertiary/aromatic N) is 2. The van der Waals surface area contributed by atoms with Gasteiger partial charge in [0.05, 0.1) is 39.4 Å². The summed E-state index contributed by atoms with van der Waals surface area (Å²) in [5.41, 5.74) is 3.04. The maximum Gasteiger partial charge on any atom is 0.242 e. The summed E-state index contributed by atoms with van der Waals surface area (Å²) in [6.45, 7) is 6.29. The Balaban J connectivity index is 1.77. The molecule has 1 heterocycles. The van der Waals surface area contributed by atoms with Crippen LogP contribution in [0.4, 0.5) is 5.69 Å². The Morgan fingerprint density at radius 3 is 2.48 bits per heavy atom. The maximum atomic E-state index is 13.7. The number of hydrogen-bond donors (Lipinski definition) is 3.